The molecular formula is C6H20F4O9S3. The summed E-state index contributed by atoms with van der Waals surface area (Å²) in [5.74, 6) is 0. The molecule has 0 unspecified atom stereocenters. The summed E-state index contributed by atoms with van der Waals surface area (Å²) in [6, 6.07) is 0. The van der Waals surface area contributed by atoms with E-state index in [1.54, 1.807) is 0 Å². The number of rotatable bonds is 2. The highest BCUT2D eigenvalue weighted by Gasteiger charge is 1.98. The Morgan fingerprint density at radius 1 is 0.682 bits per heavy atom. The predicted octanol–water partition coefficient (Wildman–Crippen LogP) is 1.14. The van der Waals surface area contributed by atoms with Crippen molar-refractivity contribution in [3.05, 3.63) is 0 Å². The highest BCUT2D eigenvalue weighted by molar-refractivity contribution is 7.81. The third-order valence-electron chi connectivity index (χ3n) is 0.398. The molecule has 0 radical (unpaired) electrons. The molecule has 0 aliphatic carbocycles. The van der Waals surface area contributed by atoms with Crippen LogP contribution in [0.3, 0.4) is 0 Å². The zero-order chi connectivity index (χ0) is 18.9. The van der Waals surface area contributed by atoms with Crippen molar-refractivity contribution in [2.45, 2.75) is 21.3 Å². The van der Waals surface area contributed by atoms with E-state index in [2.05, 4.69) is 8.37 Å². The van der Waals surface area contributed by atoms with Crippen LogP contribution in [-0.4, -0.2) is 51.7 Å². The second kappa shape index (κ2) is 20.5. The minimum Gasteiger partial charge on any atom is -0.400 e. The van der Waals surface area contributed by atoms with Gasteiger partial charge < -0.3 is 5.11 Å². The molecule has 0 saturated carbocycles. The Kier molecular flexibility index (Phi) is 34.9. The fourth-order valence-electron chi connectivity index (χ4n) is 0. The average molecular weight is 408 g/mol. The molecule has 1 N–H and O–H groups in total. The summed E-state index contributed by atoms with van der Waals surface area (Å²) < 4.78 is 101. The van der Waals surface area contributed by atoms with Gasteiger partial charge in [0.1, 0.15) is 0 Å². The maximum atomic E-state index is 10.9. The van der Waals surface area contributed by atoms with Gasteiger partial charge in [0.05, 0.1) is 14.2 Å². The van der Waals surface area contributed by atoms with Crippen molar-refractivity contribution in [3.63, 3.8) is 0 Å². The Morgan fingerprint density at radius 3 is 0.727 bits per heavy atom. The summed E-state index contributed by atoms with van der Waals surface area (Å²) in [5.41, 5.74) is 0. The van der Waals surface area contributed by atoms with Crippen LogP contribution >= 0.6 is 0 Å². The molecule has 0 atom stereocenters. The molecule has 0 aromatic heterocycles. The molecule has 0 rings (SSSR count). The molecule has 0 aromatic rings. The molecule has 9 nitrogen and oxygen atoms in total. The molecular weight excluding hydrogens is 388 g/mol. The third-order valence-corrected chi connectivity index (χ3v) is 1.19. The van der Waals surface area contributed by atoms with Gasteiger partial charge in [-0.05, 0) is 0 Å². The fourth-order valence-corrected chi connectivity index (χ4v) is 0. The summed E-state index contributed by atoms with van der Waals surface area (Å²) in [6.45, 7) is 4.00. The van der Waals surface area contributed by atoms with E-state index in [0.29, 0.717) is 0 Å². The van der Waals surface area contributed by atoms with Crippen LogP contribution < -0.4 is 0 Å². The molecule has 0 saturated heterocycles. The highest BCUT2D eigenvalue weighted by atomic mass is 32.3. The van der Waals surface area contributed by atoms with Crippen LogP contribution in [0.5, 0.6) is 0 Å². The lowest BCUT2D eigenvalue weighted by molar-refractivity contribution is 0.361. The fraction of sp³-hybridized carbons (Fsp3) is 1.00. The number of halogens is 4. The van der Waals surface area contributed by atoms with Crippen molar-refractivity contribution in [1.82, 2.24) is 0 Å². The van der Waals surface area contributed by atoms with E-state index in [-0.39, 0.29) is 7.43 Å². The van der Waals surface area contributed by atoms with Crippen LogP contribution in [0.25, 0.3) is 0 Å². The van der Waals surface area contributed by atoms with E-state index in [1.807, 2.05) is 13.8 Å². The minimum atomic E-state index is -5.67. The molecule has 0 heterocycles. The van der Waals surface area contributed by atoms with Crippen LogP contribution in [0.2, 0.25) is 0 Å². The topological polar surface area (TPSA) is 141 Å². The summed E-state index contributed by atoms with van der Waals surface area (Å²) in [6.07, 6.45) is 0. The summed E-state index contributed by atoms with van der Waals surface area (Å²) in [7, 11) is -12.5. The Balaban J connectivity index is -0.0000000384. The lowest BCUT2D eigenvalue weighted by atomic mass is 11.0. The lowest BCUT2D eigenvalue weighted by Crippen LogP contribution is -1.89. The Morgan fingerprint density at radius 2 is 0.727 bits per heavy atom. The molecule has 144 valence electrons. The van der Waals surface area contributed by atoms with Crippen molar-refractivity contribution in [2.75, 3.05) is 21.3 Å². The number of hydrogen-bond donors (Lipinski definition) is 1. The van der Waals surface area contributed by atoms with Crippen molar-refractivity contribution >= 4 is 31.6 Å². The summed E-state index contributed by atoms with van der Waals surface area (Å²) >= 11 is 0. The largest absolute Gasteiger partial charge is 0.476 e. The van der Waals surface area contributed by atoms with Crippen molar-refractivity contribution in [2.24, 2.45) is 0 Å². The SMILES string of the molecule is C.CC.CO.COS(=O)(=O)F.COS(=O)(=O)F.O=S(=O)(F)F. The molecule has 0 aromatic carbocycles. The zero-order valence-electron chi connectivity index (χ0n) is 11.4. The van der Waals surface area contributed by atoms with Crippen molar-refractivity contribution < 1.29 is 54.3 Å². The second-order valence-electron chi connectivity index (χ2n) is 1.50. The number of aliphatic hydroxyl groups excluding tert-OH is 1. The Labute approximate surface area is 129 Å². The van der Waals surface area contributed by atoms with Gasteiger partial charge in [-0.3, -0.25) is 0 Å². The molecule has 16 heteroatoms. The molecule has 0 aliphatic rings. The summed E-state index contributed by atoms with van der Waals surface area (Å²) in [4.78, 5) is 0. The first-order valence-electron chi connectivity index (χ1n) is 4.21. The molecule has 0 fully saturated rings. The van der Waals surface area contributed by atoms with Crippen molar-refractivity contribution in [1.29, 1.82) is 0 Å². The van der Waals surface area contributed by atoms with Crippen LogP contribution in [-0.2, 0) is 40.0 Å². The average Bonchev–Trinajstić information content (AvgIpc) is 2.31. The zero-order valence-corrected chi connectivity index (χ0v) is 13.9. The predicted molar refractivity (Wildman–Crippen MR) is 71.4 cm³/mol. The van der Waals surface area contributed by atoms with E-state index in [4.69, 9.17) is 30.4 Å². The molecule has 0 amide bonds. The van der Waals surface area contributed by atoms with E-state index in [0.717, 1.165) is 21.3 Å². The standard InChI is InChI=1S/C2H6.2CH3FO3S.CH4O.CH4.F2O2S/c1-2;2*1-5-6(2,3)4;1-2;;1-5(2,3)4/h1-2H3;2*1H3;2H,1H3;1H4;. The highest BCUT2D eigenvalue weighted by Crippen LogP contribution is 1.86. The maximum absolute atomic E-state index is 10.9. The monoisotopic (exact) mass is 408 g/mol. The molecule has 22 heavy (non-hydrogen) atoms. The van der Waals surface area contributed by atoms with Gasteiger partial charge in [0.25, 0.3) is 0 Å². The smallest absolute Gasteiger partial charge is 0.400 e. The second-order valence-corrected chi connectivity index (χ2v) is 4.49. The van der Waals surface area contributed by atoms with E-state index >= 15 is 0 Å². The van der Waals surface area contributed by atoms with Crippen molar-refractivity contribution in [3.8, 4) is 0 Å². The van der Waals surface area contributed by atoms with Gasteiger partial charge in [-0.25, -0.2) is 8.37 Å². The summed E-state index contributed by atoms with van der Waals surface area (Å²) in [5, 5.41) is 7.00. The van der Waals surface area contributed by atoms with Crippen LogP contribution in [0.1, 0.15) is 21.3 Å². The van der Waals surface area contributed by atoms with Gasteiger partial charge in [-0.1, -0.05) is 36.8 Å². The maximum Gasteiger partial charge on any atom is 0.476 e. The lowest BCUT2D eigenvalue weighted by Gasteiger charge is -1.78. The first-order valence-corrected chi connectivity index (χ1v) is 8.12. The number of aliphatic hydroxyl groups is 1. The Bertz CT molecular complexity index is 445. The van der Waals surface area contributed by atoms with Gasteiger partial charge in [-0.15, -0.1) is 0 Å². The Hall–Kier alpha value is -0.550. The van der Waals surface area contributed by atoms with E-state index in [1.165, 1.54) is 0 Å². The van der Waals surface area contributed by atoms with Gasteiger partial charge in [0.2, 0.25) is 0 Å². The molecule has 0 aliphatic heterocycles. The molecule has 0 spiro atoms. The first-order chi connectivity index (χ1) is 9.12. The van der Waals surface area contributed by atoms with Crippen LogP contribution in [0, 0.1) is 0 Å². The van der Waals surface area contributed by atoms with Gasteiger partial charge in [-0.2, -0.15) is 25.3 Å². The van der Waals surface area contributed by atoms with E-state index in [9.17, 15) is 15.5 Å². The van der Waals surface area contributed by atoms with Crippen LogP contribution in [0.4, 0.5) is 15.5 Å². The van der Waals surface area contributed by atoms with Gasteiger partial charge >= 0.3 is 31.6 Å². The van der Waals surface area contributed by atoms with Gasteiger partial charge in [0, 0.05) is 7.11 Å². The minimum absolute atomic E-state index is 0. The van der Waals surface area contributed by atoms with E-state index < -0.39 is 31.6 Å². The first kappa shape index (κ1) is 37.6. The molecule has 0 bridgehead atoms. The van der Waals surface area contributed by atoms with Gasteiger partial charge in [0.15, 0.2) is 0 Å². The quantitative estimate of drug-likeness (QED) is 0.526. The third kappa shape index (κ3) is 223. The normalized spacial score (nSPS) is 9.55. The van der Waals surface area contributed by atoms with Crippen LogP contribution in [0.15, 0.2) is 0 Å². The number of hydrogen-bond acceptors (Lipinski definition) is 9.